The van der Waals surface area contributed by atoms with Crippen LogP contribution >= 0.6 is 0 Å². The first-order valence-electron chi connectivity index (χ1n) is 6.89. The van der Waals surface area contributed by atoms with E-state index in [1.165, 1.54) is 0 Å². The van der Waals surface area contributed by atoms with Crippen LogP contribution in [-0.2, 0) is 17.9 Å². The first-order chi connectivity index (χ1) is 9.11. The van der Waals surface area contributed by atoms with Crippen LogP contribution in [0.15, 0.2) is 6.20 Å². The van der Waals surface area contributed by atoms with Gasteiger partial charge >= 0.3 is 0 Å². The highest BCUT2D eigenvalue weighted by Crippen LogP contribution is 2.31. The fourth-order valence-electron chi connectivity index (χ4n) is 3.00. The van der Waals surface area contributed by atoms with Gasteiger partial charge in [-0.05, 0) is 20.4 Å². The summed E-state index contributed by atoms with van der Waals surface area (Å²) in [5.74, 6) is 0.174. The van der Waals surface area contributed by atoms with Gasteiger partial charge in [0.05, 0.1) is 24.1 Å². The molecule has 1 aromatic rings. The van der Waals surface area contributed by atoms with E-state index in [0.29, 0.717) is 19.0 Å². The molecule has 6 heteroatoms. The fourth-order valence-corrected chi connectivity index (χ4v) is 3.00. The van der Waals surface area contributed by atoms with Gasteiger partial charge in [-0.1, -0.05) is 0 Å². The van der Waals surface area contributed by atoms with Crippen molar-refractivity contribution in [2.24, 2.45) is 5.73 Å². The van der Waals surface area contributed by atoms with E-state index in [1.807, 2.05) is 15.8 Å². The van der Waals surface area contributed by atoms with Crippen LogP contribution in [0.1, 0.15) is 25.5 Å². The van der Waals surface area contributed by atoms with E-state index in [-0.39, 0.29) is 11.9 Å². The summed E-state index contributed by atoms with van der Waals surface area (Å²) in [5, 5.41) is 4.44. The highest BCUT2D eigenvalue weighted by Gasteiger charge is 2.35. The number of amides is 1. The van der Waals surface area contributed by atoms with Crippen molar-refractivity contribution in [2.75, 3.05) is 18.5 Å². The number of fused-ring (bicyclic) bond motifs is 1. The predicted molar refractivity (Wildman–Crippen MR) is 72.7 cm³/mol. The number of hydrogen-bond acceptors (Lipinski definition) is 4. The van der Waals surface area contributed by atoms with E-state index in [1.54, 1.807) is 0 Å². The number of nitrogens with zero attached hydrogens (tertiary/aromatic N) is 4. The molecule has 0 aromatic carbocycles. The molecule has 1 saturated heterocycles. The Labute approximate surface area is 113 Å². The van der Waals surface area contributed by atoms with Gasteiger partial charge in [0.15, 0.2) is 0 Å². The zero-order valence-electron chi connectivity index (χ0n) is 11.5. The summed E-state index contributed by atoms with van der Waals surface area (Å²) in [6.07, 6.45) is 3.28. The van der Waals surface area contributed by atoms with E-state index in [2.05, 4.69) is 24.0 Å². The molecule has 0 radical (unpaired) electrons. The molecule has 0 bridgehead atoms. The number of nitrogens with two attached hydrogens (primary N) is 1. The van der Waals surface area contributed by atoms with E-state index < -0.39 is 0 Å². The summed E-state index contributed by atoms with van der Waals surface area (Å²) in [5.41, 5.74) is 7.88. The van der Waals surface area contributed by atoms with Crippen molar-refractivity contribution in [3.8, 4) is 0 Å². The number of rotatable bonds is 2. The lowest BCUT2D eigenvalue weighted by molar-refractivity contribution is -0.117. The summed E-state index contributed by atoms with van der Waals surface area (Å²) in [6, 6.07) is 0.603. The highest BCUT2D eigenvalue weighted by atomic mass is 16.2. The molecule has 3 rings (SSSR count). The van der Waals surface area contributed by atoms with Gasteiger partial charge < -0.3 is 10.6 Å². The zero-order valence-corrected chi connectivity index (χ0v) is 11.5. The molecule has 1 unspecified atom stereocenters. The van der Waals surface area contributed by atoms with Crippen LogP contribution in [-0.4, -0.2) is 46.3 Å². The van der Waals surface area contributed by atoms with Crippen molar-refractivity contribution in [2.45, 2.75) is 44.9 Å². The Morgan fingerprint density at radius 3 is 3.05 bits per heavy atom. The van der Waals surface area contributed by atoms with E-state index in [4.69, 9.17) is 5.73 Å². The highest BCUT2D eigenvalue weighted by molar-refractivity contribution is 5.96. The van der Waals surface area contributed by atoms with Gasteiger partial charge in [0.25, 0.3) is 0 Å². The predicted octanol–water partition coefficient (Wildman–Crippen LogP) is 0.171. The summed E-state index contributed by atoms with van der Waals surface area (Å²) < 4.78 is 2.03. The topological polar surface area (TPSA) is 67.4 Å². The molecule has 104 valence electrons. The summed E-state index contributed by atoms with van der Waals surface area (Å²) >= 11 is 0. The number of carbonyl (C=O) groups is 1. The molecule has 2 atom stereocenters. The Morgan fingerprint density at radius 2 is 2.32 bits per heavy atom. The number of hydrogen-bond donors (Lipinski definition) is 1. The van der Waals surface area contributed by atoms with Crippen molar-refractivity contribution in [1.82, 2.24) is 14.7 Å². The molecule has 2 N–H and O–H groups in total. The van der Waals surface area contributed by atoms with Gasteiger partial charge in [-0.25, -0.2) is 0 Å². The van der Waals surface area contributed by atoms with Crippen LogP contribution < -0.4 is 10.6 Å². The third-order valence-electron chi connectivity index (χ3n) is 4.37. The molecule has 2 aliphatic rings. The third-order valence-corrected chi connectivity index (χ3v) is 4.37. The lowest BCUT2D eigenvalue weighted by Gasteiger charge is -2.32. The smallest absolute Gasteiger partial charge is 0.227 e. The third kappa shape index (κ3) is 1.95. The molecule has 19 heavy (non-hydrogen) atoms. The Morgan fingerprint density at radius 1 is 1.53 bits per heavy atom. The van der Waals surface area contributed by atoms with Crippen LogP contribution in [0, 0.1) is 0 Å². The Kier molecular flexibility index (Phi) is 3.06. The van der Waals surface area contributed by atoms with Gasteiger partial charge in [-0.3, -0.25) is 14.4 Å². The normalized spacial score (nSPS) is 27.9. The second-order valence-electron chi connectivity index (χ2n) is 5.61. The number of anilines is 1. The maximum atomic E-state index is 12.1. The SMILES string of the molecule is C[C@H]1Cn2ncc(N3C(=O)CCC3CN)c2CN1C. The van der Waals surface area contributed by atoms with Crippen LogP contribution in [0.4, 0.5) is 5.69 Å². The maximum absolute atomic E-state index is 12.1. The molecule has 1 amide bonds. The standard InChI is InChI=1S/C13H21N5O/c1-9-7-17-12(8-16(9)2)11(6-15-17)18-10(5-14)3-4-13(18)19/h6,9-10H,3-5,7-8,14H2,1-2H3/t9-,10?/m0/s1. The van der Waals surface area contributed by atoms with Crippen LogP contribution in [0.2, 0.25) is 0 Å². The molecule has 6 nitrogen and oxygen atoms in total. The lowest BCUT2D eigenvalue weighted by atomic mass is 10.1. The quantitative estimate of drug-likeness (QED) is 0.826. The molecule has 3 heterocycles. The molecule has 1 fully saturated rings. The Balaban J connectivity index is 1.96. The molecule has 2 aliphatic heterocycles. The number of aromatic nitrogens is 2. The zero-order chi connectivity index (χ0) is 13.6. The Bertz CT molecular complexity index is 497. The van der Waals surface area contributed by atoms with Gasteiger partial charge in [0.2, 0.25) is 5.91 Å². The minimum atomic E-state index is 0.131. The van der Waals surface area contributed by atoms with E-state index in [0.717, 1.165) is 30.9 Å². The average molecular weight is 263 g/mol. The van der Waals surface area contributed by atoms with E-state index in [9.17, 15) is 4.79 Å². The lowest BCUT2D eigenvalue weighted by Crippen LogP contribution is -2.41. The molecule has 0 spiro atoms. The summed E-state index contributed by atoms with van der Waals surface area (Å²) in [4.78, 5) is 16.2. The second-order valence-corrected chi connectivity index (χ2v) is 5.61. The van der Waals surface area contributed by atoms with E-state index >= 15 is 0 Å². The van der Waals surface area contributed by atoms with Gasteiger partial charge in [-0.2, -0.15) is 5.10 Å². The molecular weight excluding hydrogens is 242 g/mol. The van der Waals surface area contributed by atoms with Crippen molar-refractivity contribution in [3.63, 3.8) is 0 Å². The van der Waals surface area contributed by atoms with Crippen LogP contribution in [0.25, 0.3) is 0 Å². The van der Waals surface area contributed by atoms with Gasteiger partial charge in [-0.15, -0.1) is 0 Å². The first kappa shape index (κ1) is 12.6. The fraction of sp³-hybridized carbons (Fsp3) is 0.692. The minimum Gasteiger partial charge on any atom is -0.328 e. The summed E-state index contributed by atoms with van der Waals surface area (Å²) in [6.45, 7) is 4.41. The van der Waals surface area contributed by atoms with Crippen molar-refractivity contribution in [3.05, 3.63) is 11.9 Å². The average Bonchev–Trinajstić information content (AvgIpc) is 2.93. The minimum absolute atomic E-state index is 0.131. The number of carbonyl (C=O) groups excluding carboxylic acids is 1. The van der Waals surface area contributed by atoms with Crippen LogP contribution in [0.3, 0.4) is 0 Å². The summed E-state index contributed by atoms with van der Waals surface area (Å²) in [7, 11) is 2.11. The monoisotopic (exact) mass is 263 g/mol. The van der Waals surface area contributed by atoms with Crippen molar-refractivity contribution < 1.29 is 4.79 Å². The van der Waals surface area contributed by atoms with Crippen molar-refractivity contribution in [1.29, 1.82) is 0 Å². The van der Waals surface area contributed by atoms with Crippen LogP contribution in [0.5, 0.6) is 0 Å². The second kappa shape index (κ2) is 4.61. The Hall–Kier alpha value is -1.40. The molecular formula is C13H21N5O. The molecule has 0 aliphatic carbocycles. The largest absolute Gasteiger partial charge is 0.328 e. The number of likely N-dealkylation sites (N-methyl/N-ethyl adjacent to an activating group) is 1. The van der Waals surface area contributed by atoms with Crippen molar-refractivity contribution >= 4 is 11.6 Å². The van der Waals surface area contributed by atoms with Gasteiger partial charge in [0, 0.05) is 31.6 Å². The maximum Gasteiger partial charge on any atom is 0.227 e. The first-order valence-corrected chi connectivity index (χ1v) is 6.89. The molecule has 0 saturated carbocycles. The molecule has 1 aromatic heterocycles. The van der Waals surface area contributed by atoms with Gasteiger partial charge in [0.1, 0.15) is 0 Å².